The Morgan fingerprint density at radius 2 is 1.94 bits per heavy atom. The highest BCUT2D eigenvalue weighted by atomic mass is 35.5. The van der Waals surface area contributed by atoms with Gasteiger partial charge in [-0.2, -0.15) is 0 Å². The molecule has 0 aromatic heterocycles. The number of hydrogen-bond donors (Lipinski definition) is 1. The number of benzene rings is 2. The highest BCUT2D eigenvalue weighted by Gasteiger charge is 2.39. The van der Waals surface area contributed by atoms with Gasteiger partial charge in [0.1, 0.15) is 5.25 Å². The summed E-state index contributed by atoms with van der Waals surface area (Å²) in [6, 6.07) is 11.0. The van der Waals surface area contributed by atoms with Crippen molar-refractivity contribution in [2.45, 2.75) is 39.4 Å². The van der Waals surface area contributed by atoms with Gasteiger partial charge in [-0.25, -0.2) is 4.99 Å². The van der Waals surface area contributed by atoms with Crippen LogP contribution < -0.4 is 5.32 Å². The number of amides is 2. The van der Waals surface area contributed by atoms with E-state index < -0.39 is 5.25 Å². The van der Waals surface area contributed by atoms with Crippen molar-refractivity contribution in [1.82, 2.24) is 4.90 Å². The highest BCUT2D eigenvalue weighted by Crippen LogP contribution is 2.34. The molecule has 164 valence electrons. The third-order valence-electron chi connectivity index (χ3n) is 4.88. The number of halogens is 2. The first kappa shape index (κ1) is 23.6. The van der Waals surface area contributed by atoms with E-state index in [0.717, 1.165) is 11.3 Å². The van der Waals surface area contributed by atoms with Crippen LogP contribution in [0.4, 0.5) is 11.4 Å². The van der Waals surface area contributed by atoms with E-state index in [4.69, 9.17) is 28.2 Å². The fourth-order valence-electron chi connectivity index (χ4n) is 3.13. The van der Waals surface area contributed by atoms with Crippen molar-refractivity contribution in [2.75, 3.05) is 11.9 Å². The molecule has 1 saturated heterocycles. The zero-order valence-electron chi connectivity index (χ0n) is 17.9. The number of anilines is 1. The van der Waals surface area contributed by atoms with Gasteiger partial charge in [-0.3, -0.25) is 14.5 Å². The Morgan fingerprint density at radius 3 is 2.61 bits per heavy atom. The van der Waals surface area contributed by atoms with Crippen molar-refractivity contribution in [2.24, 2.45) is 10.9 Å². The number of nitrogens with one attached hydrogen (secondary N) is 1. The Labute approximate surface area is 197 Å². The van der Waals surface area contributed by atoms with Crippen molar-refractivity contribution in [3.8, 4) is 0 Å². The molecule has 1 aliphatic heterocycles. The average molecular weight is 478 g/mol. The smallest absolute Gasteiger partial charge is 0.242 e. The molecule has 0 saturated carbocycles. The summed E-state index contributed by atoms with van der Waals surface area (Å²) in [5, 5.41) is 3.48. The first-order valence-electron chi connectivity index (χ1n) is 10.0. The first-order chi connectivity index (χ1) is 14.7. The minimum atomic E-state index is -0.540. The highest BCUT2D eigenvalue weighted by molar-refractivity contribution is 8.15. The molecule has 0 spiro atoms. The molecule has 1 atom stereocenters. The molecule has 5 nitrogen and oxygen atoms in total. The number of thioether (sulfide) groups is 1. The molecule has 0 bridgehead atoms. The Bertz CT molecular complexity index is 1040. The Balaban J connectivity index is 1.79. The second-order valence-electron chi connectivity index (χ2n) is 7.97. The zero-order chi connectivity index (χ0) is 22.7. The third-order valence-corrected chi connectivity index (χ3v) is 6.87. The van der Waals surface area contributed by atoms with Crippen molar-refractivity contribution in [1.29, 1.82) is 0 Å². The summed E-state index contributed by atoms with van der Waals surface area (Å²) < 4.78 is 0. The van der Waals surface area contributed by atoms with E-state index in [2.05, 4.69) is 5.32 Å². The first-order valence-corrected chi connectivity index (χ1v) is 11.7. The molecule has 8 heteroatoms. The molecule has 3 rings (SSSR count). The summed E-state index contributed by atoms with van der Waals surface area (Å²) in [4.78, 5) is 32.1. The lowest BCUT2D eigenvalue weighted by Crippen LogP contribution is -2.36. The van der Waals surface area contributed by atoms with Gasteiger partial charge in [0.25, 0.3) is 0 Å². The van der Waals surface area contributed by atoms with Gasteiger partial charge in [0, 0.05) is 13.0 Å². The van der Waals surface area contributed by atoms with Crippen LogP contribution >= 0.6 is 35.0 Å². The van der Waals surface area contributed by atoms with Gasteiger partial charge >= 0.3 is 0 Å². The van der Waals surface area contributed by atoms with Crippen LogP contribution in [0.1, 0.15) is 31.4 Å². The monoisotopic (exact) mass is 477 g/mol. The van der Waals surface area contributed by atoms with Crippen LogP contribution in [0.3, 0.4) is 0 Å². The molecule has 1 N–H and O–H groups in total. The van der Waals surface area contributed by atoms with Gasteiger partial charge in [-0.15, -0.1) is 0 Å². The van der Waals surface area contributed by atoms with Gasteiger partial charge in [-0.05, 0) is 55.2 Å². The minimum absolute atomic E-state index is 0.0207. The van der Waals surface area contributed by atoms with Crippen molar-refractivity contribution in [3.05, 3.63) is 57.6 Å². The second kappa shape index (κ2) is 10.1. The van der Waals surface area contributed by atoms with E-state index >= 15 is 0 Å². The van der Waals surface area contributed by atoms with Gasteiger partial charge in [0.15, 0.2) is 5.17 Å². The van der Waals surface area contributed by atoms with E-state index in [1.807, 2.05) is 45.9 Å². The molecule has 0 aliphatic carbocycles. The van der Waals surface area contributed by atoms with Gasteiger partial charge in [0.2, 0.25) is 11.8 Å². The number of rotatable bonds is 6. The predicted molar refractivity (Wildman–Crippen MR) is 131 cm³/mol. The lowest BCUT2D eigenvalue weighted by molar-refractivity contribution is -0.128. The molecule has 1 heterocycles. The van der Waals surface area contributed by atoms with Crippen LogP contribution in [-0.2, 0) is 9.59 Å². The summed E-state index contributed by atoms with van der Waals surface area (Å²) in [6.45, 7) is 8.73. The Hall–Kier alpha value is -2.02. The lowest BCUT2D eigenvalue weighted by atomic mass is 10.1. The maximum atomic E-state index is 13.1. The van der Waals surface area contributed by atoms with Crippen molar-refractivity contribution < 1.29 is 9.59 Å². The number of nitrogens with zero attached hydrogens (tertiary/aromatic N) is 2. The number of carbonyl (C=O) groups excluding carboxylic acids is 2. The van der Waals surface area contributed by atoms with E-state index in [1.54, 1.807) is 23.1 Å². The van der Waals surface area contributed by atoms with Crippen LogP contribution in [0.25, 0.3) is 0 Å². The molecular weight excluding hydrogens is 453 g/mol. The lowest BCUT2D eigenvalue weighted by Gasteiger charge is -2.18. The molecule has 31 heavy (non-hydrogen) atoms. The molecule has 1 unspecified atom stereocenters. The fourth-order valence-corrected chi connectivity index (χ4v) is 4.65. The minimum Gasteiger partial charge on any atom is -0.325 e. The number of hydrogen-bond acceptors (Lipinski definition) is 4. The Kier molecular flexibility index (Phi) is 7.68. The largest absolute Gasteiger partial charge is 0.325 e. The summed E-state index contributed by atoms with van der Waals surface area (Å²) >= 11 is 13.5. The molecular formula is C23H25Cl2N3O2S. The predicted octanol–water partition coefficient (Wildman–Crippen LogP) is 6.23. The van der Waals surface area contributed by atoms with Crippen LogP contribution in [0, 0.1) is 19.8 Å². The molecule has 0 radical (unpaired) electrons. The van der Waals surface area contributed by atoms with Crippen LogP contribution in [0.15, 0.2) is 41.4 Å². The van der Waals surface area contributed by atoms with Gasteiger partial charge < -0.3 is 5.32 Å². The SMILES string of the molecule is Cc1ccc(N=C2SC(CC(=O)Nc3cccc(Cl)c3Cl)C(=O)N2CC(C)C)cc1C. The number of aliphatic imine (C=N–C) groups is 1. The summed E-state index contributed by atoms with van der Waals surface area (Å²) in [7, 11) is 0. The van der Waals surface area contributed by atoms with Crippen LogP contribution in [0.5, 0.6) is 0 Å². The second-order valence-corrected chi connectivity index (χ2v) is 9.92. The van der Waals surface area contributed by atoms with E-state index in [-0.39, 0.29) is 29.2 Å². The quantitative estimate of drug-likeness (QED) is 0.536. The van der Waals surface area contributed by atoms with E-state index in [0.29, 0.717) is 22.4 Å². The van der Waals surface area contributed by atoms with Crippen molar-refractivity contribution in [3.63, 3.8) is 0 Å². The van der Waals surface area contributed by atoms with Gasteiger partial charge in [0.05, 0.1) is 21.4 Å². The molecule has 2 amide bonds. The maximum absolute atomic E-state index is 13.1. The average Bonchev–Trinajstić information content (AvgIpc) is 2.96. The standard InChI is InChI=1S/C23H25Cl2N3O2S/c1-13(2)12-28-22(30)19(11-20(29)27-18-7-5-6-17(24)21(18)25)31-23(28)26-16-9-8-14(3)15(4)10-16/h5-10,13,19H,11-12H2,1-4H3,(H,27,29). The van der Waals surface area contributed by atoms with E-state index in [1.165, 1.54) is 17.3 Å². The van der Waals surface area contributed by atoms with Crippen LogP contribution in [0.2, 0.25) is 10.0 Å². The van der Waals surface area contributed by atoms with Gasteiger partial charge in [-0.1, -0.05) is 60.9 Å². The summed E-state index contributed by atoms with van der Waals surface area (Å²) in [5.74, 6) is -0.132. The summed E-state index contributed by atoms with van der Waals surface area (Å²) in [6.07, 6.45) is 0.0207. The molecule has 2 aromatic rings. The maximum Gasteiger partial charge on any atom is 0.242 e. The van der Waals surface area contributed by atoms with Crippen molar-refractivity contribution >= 4 is 63.3 Å². The van der Waals surface area contributed by atoms with E-state index in [9.17, 15) is 9.59 Å². The topological polar surface area (TPSA) is 61.8 Å². The fraction of sp³-hybridized carbons (Fsp3) is 0.348. The number of carbonyl (C=O) groups is 2. The zero-order valence-corrected chi connectivity index (χ0v) is 20.2. The summed E-state index contributed by atoms with van der Waals surface area (Å²) in [5.41, 5.74) is 3.55. The number of aryl methyl sites for hydroxylation is 2. The number of amidine groups is 1. The Morgan fingerprint density at radius 1 is 1.19 bits per heavy atom. The molecule has 1 fully saturated rings. The molecule has 2 aromatic carbocycles. The third kappa shape index (κ3) is 5.82. The molecule has 1 aliphatic rings. The normalized spacial score (nSPS) is 17.6. The van der Waals surface area contributed by atoms with Crippen LogP contribution in [-0.4, -0.2) is 33.7 Å².